The second-order valence-corrected chi connectivity index (χ2v) is 3.18. The first-order valence-electron chi connectivity index (χ1n) is 5.07. The van der Waals surface area contributed by atoms with Crippen molar-refractivity contribution < 1.29 is 5.11 Å². The van der Waals surface area contributed by atoms with Gasteiger partial charge in [0.2, 0.25) is 0 Å². The fraction of sp³-hybridized carbons (Fsp3) is 0.455. The molecule has 1 aromatic rings. The monoisotopic (exact) mass is 209 g/mol. The van der Waals surface area contributed by atoms with Gasteiger partial charge in [-0.1, -0.05) is 27.7 Å². The molecular weight excluding hydrogens is 190 g/mol. The van der Waals surface area contributed by atoms with Crippen molar-refractivity contribution in [2.75, 3.05) is 0 Å². The molecule has 1 aromatic heterocycles. The van der Waals surface area contributed by atoms with E-state index < -0.39 is 0 Å². The second kappa shape index (κ2) is 6.01. The molecule has 0 unspecified atom stereocenters. The Morgan fingerprint density at radius 3 is 2.33 bits per heavy atom. The van der Waals surface area contributed by atoms with E-state index >= 15 is 0 Å². The van der Waals surface area contributed by atoms with Crippen molar-refractivity contribution in [1.29, 1.82) is 10.8 Å². The first-order valence-corrected chi connectivity index (χ1v) is 5.07. The Bertz CT molecular complexity index is 380. The van der Waals surface area contributed by atoms with Gasteiger partial charge in [0.05, 0.1) is 6.20 Å². The molecule has 0 radical (unpaired) electrons. The Hall–Kier alpha value is -1.58. The maximum absolute atomic E-state index is 9.17. The molecule has 4 nitrogen and oxygen atoms in total. The lowest BCUT2D eigenvalue weighted by atomic mass is 10.2. The lowest BCUT2D eigenvalue weighted by Crippen LogP contribution is -2.28. The summed E-state index contributed by atoms with van der Waals surface area (Å²) in [6.45, 7) is 7.75. The number of pyridine rings is 1. The van der Waals surface area contributed by atoms with Crippen LogP contribution in [0.5, 0.6) is 5.75 Å². The predicted molar refractivity (Wildman–Crippen MR) is 61.3 cm³/mol. The summed E-state index contributed by atoms with van der Waals surface area (Å²) in [4.78, 5) is 0. The van der Waals surface area contributed by atoms with Crippen molar-refractivity contribution in [3.05, 3.63) is 23.8 Å². The smallest absolute Gasteiger partial charge is 0.132 e. The van der Waals surface area contributed by atoms with E-state index in [-0.39, 0.29) is 17.2 Å². The van der Waals surface area contributed by atoms with Crippen LogP contribution in [0.2, 0.25) is 0 Å². The molecule has 0 amide bonds. The van der Waals surface area contributed by atoms with E-state index in [1.54, 1.807) is 0 Å². The molecule has 0 saturated carbocycles. The molecule has 1 rings (SSSR count). The molecule has 0 bridgehead atoms. The molecule has 0 aromatic carbocycles. The van der Waals surface area contributed by atoms with E-state index in [2.05, 4.69) is 0 Å². The van der Waals surface area contributed by atoms with Crippen molar-refractivity contribution in [2.45, 2.75) is 27.7 Å². The zero-order valence-electron chi connectivity index (χ0n) is 9.70. The molecule has 0 aliphatic heterocycles. The Balaban J connectivity index is 0.000000921. The zero-order chi connectivity index (χ0) is 12.0. The van der Waals surface area contributed by atoms with Gasteiger partial charge in [-0.2, -0.15) is 0 Å². The normalized spacial score (nSPS) is 9.40. The van der Waals surface area contributed by atoms with Crippen LogP contribution in [0.4, 0.5) is 0 Å². The van der Waals surface area contributed by atoms with Gasteiger partial charge in [-0.05, 0) is 12.1 Å². The number of nitrogens with zero attached hydrogens (tertiary/aromatic N) is 1. The van der Waals surface area contributed by atoms with Gasteiger partial charge in [0, 0.05) is 5.92 Å². The lowest BCUT2D eigenvalue weighted by molar-refractivity contribution is 0.469. The van der Waals surface area contributed by atoms with Gasteiger partial charge in [-0.15, -0.1) is 0 Å². The lowest BCUT2D eigenvalue weighted by Gasteiger charge is -2.11. The van der Waals surface area contributed by atoms with Crippen LogP contribution < -0.4 is 5.49 Å². The quantitative estimate of drug-likeness (QED) is 0.481. The van der Waals surface area contributed by atoms with Crippen LogP contribution in [0.25, 0.3) is 0 Å². The maximum Gasteiger partial charge on any atom is 0.132 e. The number of aromatic hydroxyl groups is 1. The SMILES string of the molecule is CC.CC(C)C(=N)n1cc(O)ccc1=N. The Morgan fingerprint density at radius 1 is 1.33 bits per heavy atom. The fourth-order valence-corrected chi connectivity index (χ4v) is 0.967. The number of nitrogens with one attached hydrogen (secondary N) is 2. The van der Waals surface area contributed by atoms with E-state index in [0.717, 1.165) is 0 Å². The van der Waals surface area contributed by atoms with E-state index in [1.165, 1.54) is 22.9 Å². The third-order valence-electron chi connectivity index (χ3n) is 1.74. The van der Waals surface area contributed by atoms with Crippen molar-refractivity contribution in [2.24, 2.45) is 5.92 Å². The predicted octanol–water partition coefficient (Wildman–Crippen LogP) is 2.18. The molecule has 0 spiro atoms. The van der Waals surface area contributed by atoms with Crippen molar-refractivity contribution in [3.8, 4) is 5.75 Å². The zero-order valence-corrected chi connectivity index (χ0v) is 9.70. The van der Waals surface area contributed by atoms with Crippen LogP contribution in [0, 0.1) is 16.7 Å². The molecule has 84 valence electrons. The summed E-state index contributed by atoms with van der Waals surface area (Å²) in [5.41, 5.74) is 0.205. The molecule has 3 N–H and O–H groups in total. The molecule has 0 aliphatic carbocycles. The fourth-order valence-electron chi connectivity index (χ4n) is 0.967. The topological polar surface area (TPSA) is 72.9 Å². The van der Waals surface area contributed by atoms with E-state index in [1.807, 2.05) is 27.7 Å². The van der Waals surface area contributed by atoms with Crippen LogP contribution in [-0.2, 0) is 0 Å². The standard InChI is InChI=1S/C9H13N3O.C2H6/c1-6(2)9(11)12-5-7(13)3-4-8(12)10;1-2/h3-6,10-11,13H,1-2H3;1-2H3. The highest BCUT2D eigenvalue weighted by Crippen LogP contribution is 2.04. The van der Waals surface area contributed by atoms with Crippen LogP contribution in [0.15, 0.2) is 18.3 Å². The summed E-state index contributed by atoms with van der Waals surface area (Å²) < 4.78 is 1.36. The molecule has 0 atom stereocenters. The molecule has 4 heteroatoms. The van der Waals surface area contributed by atoms with Gasteiger partial charge in [-0.25, -0.2) is 0 Å². The maximum atomic E-state index is 9.17. The van der Waals surface area contributed by atoms with Gasteiger partial charge in [-0.3, -0.25) is 15.4 Å². The largest absolute Gasteiger partial charge is 0.506 e. The summed E-state index contributed by atoms with van der Waals surface area (Å²) >= 11 is 0. The molecule has 0 fully saturated rings. The summed E-state index contributed by atoms with van der Waals surface area (Å²) in [5.74, 6) is 0.415. The Labute approximate surface area is 90.2 Å². The summed E-state index contributed by atoms with van der Waals surface area (Å²) in [6, 6.07) is 2.90. The number of rotatable bonds is 1. The summed E-state index contributed by atoms with van der Waals surface area (Å²) in [5, 5.41) is 24.3. The summed E-state index contributed by atoms with van der Waals surface area (Å²) in [7, 11) is 0. The van der Waals surface area contributed by atoms with Gasteiger partial charge in [0.1, 0.15) is 17.1 Å². The third kappa shape index (κ3) is 3.58. The van der Waals surface area contributed by atoms with Crippen molar-refractivity contribution in [3.63, 3.8) is 0 Å². The second-order valence-electron chi connectivity index (χ2n) is 3.18. The minimum Gasteiger partial charge on any atom is -0.506 e. The average Bonchev–Trinajstić information content (AvgIpc) is 2.23. The highest BCUT2D eigenvalue weighted by atomic mass is 16.3. The minimum atomic E-state index is 0.0379. The molecule has 0 aliphatic rings. The van der Waals surface area contributed by atoms with Gasteiger partial charge >= 0.3 is 0 Å². The minimum absolute atomic E-state index is 0.0379. The Kier molecular flexibility index (Phi) is 5.37. The molecular formula is C11H19N3O. The van der Waals surface area contributed by atoms with E-state index in [4.69, 9.17) is 15.9 Å². The summed E-state index contributed by atoms with van der Waals surface area (Å²) in [6.07, 6.45) is 1.38. The number of aromatic nitrogens is 1. The van der Waals surface area contributed by atoms with Crippen LogP contribution >= 0.6 is 0 Å². The highest BCUT2D eigenvalue weighted by Gasteiger charge is 2.05. The van der Waals surface area contributed by atoms with Crippen molar-refractivity contribution >= 4 is 5.84 Å². The van der Waals surface area contributed by atoms with Crippen molar-refractivity contribution in [1.82, 2.24) is 4.57 Å². The van der Waals surface area contributed by atoms with Crippen LogP contribution in [0.3, 0.4) is 0 Å². The van der Waals surface area contributed by atoms with Crippen LogP contribution in [0.1, 0.15) is 27.7 Å². The average molecular weight is 209 g/mol. The van der Waals surface area contributed by atoms with Crippen LogP contribution in [-0.4, -0.2) is 15.5 Å². The Morgan fingerprint density at radius 2 is 1.87 bits per heavy atom. The van der Waals surface area contributed by atoms with E-state index in [0.29, 0.717) is 5.84 Å². The number of hydrogen-bond donors (Lipinski definition) is 3. The van der Waals surface area contributed by atoms with Gasteiger partial charge in [0.15, 0.2) is 0 Å². The molecule has 0 saturated heterocycles. The molecule has 1 heterocycles. The highest BCUT2D eigenvalue weighted by molar-refractivity contribution is 5.83. The van der Waals surface area contributed by atoms with Gasteiger partial charge < -0.3 is 5.11 Å². The first kappa shape index (κ1) is 13.4. The molecule has 15 heavy (non-hydrogen) atoms. The number of hydrogen-bond acceptors (Lipinski definition) is 3. The third-order valence-corrected chi connectivity index (χ3v) is 1.74. The van der Waals surface area contributed by atoms with E-state index in [9.17, 15) is 0 Å². The first-order chi connectivity index (χ1) is 7.02. The van der Waals surface area contributed by atoms with Gasteiger partial charge in [0.25, 0.3) is 0 Å².